The standard InChI is InChI=1S/C27H45NO/c1-17-5-10-25(28-16-17)18(2)22-8-9-23-21-7-6-19-15-20(29)11-13-26(19,3)24(21)12-14-27(22,23)4/h6,17-18,20-25,28-29H,5,7-16H2,1-4H3/t17-,18?,20-,21-,22+,23-,24-,25+,26-,27+/m0/s1. The molecule has 1 unspecified atom stereocenters. The van der Waals surface area contributed by atoms with E-state index in [1.807, 2.05) is 0 Å². The van der Waals surface area contributed by atoms with Gasteiger partial charge in [0.15, 0.2) is 0 Å². The second-order valence-corrected chi connectivity index (χ2v) is 12.4. The van der Waals surface area contributed by atoms with Crippen LogP contribution in [0.25, 0.3) is 0 Å². The molecule has 0 aromatic heterocycles. The van der Waals surface area contributed by atoms with Gasteiger partial charge in [0.25, 0.3) is 0 Å². The fourth-order valence-electron chi connectivity index (χ4n) is 9.30. The molecular formula is C27H45NO. The number of aliphatic hydroxyl groups excluding tert-OH is 1. The number of aliphatic hydroxyl groups is 1. The number of hydrogen-bond donors (Lipinski definition) is 2. The molecule has 164 valence electrons. The molecule has 2 nitrogen and oxygen atoms in total. The van der Waals surface area contributed by atoms with Crippen LogP contribution in [0.15, 0.2) is 11.6 Å². The maximum Gasteiger partial charge on any atom is 0.0577 e. The van der Waals surface area contributed by atoms with E-state index in [9.17, 15) is 5.11 Å². The zero-order valence-electron chi connectivity index (χ0n) is 19.4. The molecule has 5 aliphatic rings. The molecule has 0 bridgehead atoms. The van der Waals surface area contributed by atoms with Gasteiger partial charge in [-0.3, -0.25) is 0 Å². The van der Waals surface area contributed by atoms with Crippen LogP contribution in [0.2, 0.25) is 0 Å². The van der Waals surface area contributed by atoms with Crippen molar-refractivity contribution in [2.75, 3.05) is 6.54 Å². The maximum absolute atomic E-state index is 10.2. The minimum absolute atomic E-state index is 0.0813. The van der Waals surface area contributed by atoms with Crippen molar-refractivity contribution in [2.24, 2.45) is 46.3 Å². The summed E-state index contributed by atoms with van der Waals surface area (Å²) in [7, 11) is 0. The van der Waals surface area contributed by atoms with Crippen LogP contribution in [0.4, 0.5) is 0 Å². The molecule has 4 aliphatic carbocycles. The van der Waals surface area contributed by atoms with E-state index in [2.05, 4.69) is 39.1 Å². The van der Waals surface area contributed by atoms with Crippen molar-refractivity contribution in [2.45, 2.75) is 104 Å². The lowest BCUT2D eigenvalue weighted by Crippen LogP contribution is -2.52. The molecule has 29 heavy (non-hydrogen) atoms. The lowest BCUT2D eigenvalue weighted by Gasteiger charge is -2.58. The van der Waals surface area contributed by atoms with Gasteiger partial charge in [0.2, 0.25) is 0 Å². The largest absolute Gasteiger partial charge is 0.393 e. The summed E-state index contributed by atoms with van der Waals surface area (Å²) in [5.41, 5.74) is 2.56. The van der Waals surface area contributed by atoms with Crippen LogP contribution >= 0.6 is 0 Å². The molecule has 0 radical (unpaired) electrons. The normalized spacial score (nSPS) is 53.4. The Labute approximate surface area is 179 Å². The first kappa shape index (κ1) is 20.6. The van der Waals surface area contributed by atoms with Crippen molar-refractivity contribution >= 4 is 0 Å². The van der Waals surface area contributed by atoms with Crippen molar-refractivity contribution < 1.29 is 5.11 Å². The van der Waals surface area contributed by atoms with Crippen LogP contribution in [-0.2, 0) is 0 Å². The van der Waals surface area contributed by atoms with Crippen LogP contribution in [-0.4, -0.2) is 23.8 Å². The molecule has 3 saturated carbocycles. The van der Waals surface area contributed by atoms with Gasteiger partial charge in [-0.1, -0.05) is 39.3 Å². The summed E-state index contributed by atoms with van der Waals surface area (Å²) >= 11 is 0. The van der Waals surface area contributed by atoms with Crippen molar-refractivity contribution in [3.63, 3.8) is 0 Å². The van der Waals surface area contributed by atoms with Crippen LogP contribution < -0.4 is 5.32 Å². The highest BCUT2D eigenvalue weighted by molar-refractivity contribution is 5.25. The number of allylic oxidation sites excluding steroid dienone is 1. The number of piperidine rings is 1. The lowest BCUT2D eigenvalue weighted by molar-refractivity contribution is -0.0598. The Balaban J connectivity index is 1.36. The third-order valence-corrected chi connectivity index (χ3v) is 11.1. The van der Waals surface area contributed by atoms with Gasteiger partial charge < -0.3 is 10.4 Å². The summed E-state index contributed by atoms with van der Waals surface area (Å²) in [5, 5.41) is 14.2. The zero-order chi connectivity index (χ0) is 20.4. The summed E-state index contributed by atoms with van der Waals surface area (Å²) < 4.78 is 0. The van der Waals surface area contributed by atoms with E-state index in [0.717, 1.165) is 54.4 Å². The predicted octanol–water partition coefficient (Wildman–Crippen LogP) is 5.95. The van der Waals surface area contributed by atoms with Gasteiger partial charge in [-0.05, 0) is 117 Å². The highest BCUT2D eigenvalue weighted by Crippen LogP contribution is 2.67. The molecule has 0 aromatic rings. The van der Waals surface area contributed by atoms with Gasteiger partial charge in [-0.15, -0.1) is 0 Å². The number of hydrogen-bond acceptors (Lipinski definition) is 2. The van der Waals surface area contributed by atoms with Gasteiger partial charge in [0.05, 0.1) is 6.10 Å². The van der Waals surface area contributed by atoms with Crippen molar-refractivity contribution in [3.8, 4) is 0 Å². The highest BCUT2D eigenvalue weighted by Gasteiger charge is 2.59. The van der Waals surface area contributed by atoms with Crippen LogP contribution in [0.5, 0.6) is 0 Å². The van der Waals surface area contributed by atoms with Crippen LogP contribution in [0, 0.1) is 46.3 Å². The minimum Gasteiger partial charge on any atom is -0.393 e. The second kappa shape index (κ2) is 7.37. The van der Waals surface area contributed by atoms with E-state index in [1.54, 1.807) is 5.57 Å². The summed E-state index contributed by atoms with van der Waals surface area (Å²) in [5.74, 6) is 5.29. The average molecular weight is 400 g/mol. The molecule has 1 aliphatic heterocycles. The quantitative estimate of drug-likeness (QED) is 0.562. The second-order valence-electron chi connectivity index (χ2n) is 12.4. The predicted molar refractivity (Wildman–Crippen MR) is 121 cm³/mol. The molecule has 4 fully saturated rings. The van der Waals surface area contributed by atoms with Crippen molar-refractivity contribution in [1.29, 1.82) is 0 Å². The van der Waals surface area contributed by atoms with Crippen LogP contribution in [0.1, 0.15) is 91.9 Å². The summed E-state index contributed by atoms with van der Waals surface area (Å²) in [6.07, 6.45) is 15.6. The highest BCUT2D eigenvalue weighted by atomic mass is 16.3. The Kier molecular flexibility index (Phi) is 5.22. The number of fused-ring (bicyclic) bond motifs is 5. The molecular weight excluding hydrogens is 354 g/mol. The minimum atomic E-state index is -0.0813. The third kappa shape index (κ3) is 3.18. The molecule has 10 atom stereocenters. The first-order chi connectivity index (χ1) is 13.8. The van der Waals surface area contributed by atoms with Gasteiger partial charge in [0, 0.05) is 6.04 Å². The Morgan fingerprint density at radius 1 is 1.03 bits per heavy atom. The molecule has 2 N–H and O–H groups in total. The Morgan fingerprint density at radius 2 is 1.86 bits per heavy atom. The molecule has 0 spiro atoms. The smallest absolute Gasteiger partial charge is 0.0577 e. The van der Waals surface area contributed by atoms with E-state index in [0.29, 0.717) is 10.8 Å². The van der Waals surface area contributed by atoms with Crippen molar-refractivity contribution in [3.05, 3.63) is 11.6 Å². The number of nitrogens with one attached hydrogen (secondary N) is 1. The lowest BCUT2D eigenvalue weighted by atomic mass is 9.47. The molecule has 1 heterocycles. The topological polar surface area (TPSA) is 32.3 Å². The molecule has 1 saturated heterocycles. The summed E-state index contributed by atoms with van der Waals surface area (Å²) in [6, 6.07) is 0.750. The fraction of sp³-hybridized carbons (Fsp3) is 0.926. The van der Waals surface area contributed by atoms with Crippen molar-refractivity contribution in [1.82, 2.24) is 5.32 Å². The monoisotopic (exact) mass is 399 g/mol. The molecule has 5 rings (SSSR count). The average Bonchev–Trinajstić information content (AvgIpc) is 3.06. The fourth-order valence-corrected chi connectivity index (χ4v) is 9.30. The maximum atomic E-state index is 10.2. The van der Waals surface area contributed by atoms with E-state index in [1.165, 1.54) is 57.9 Å². The first-order valence-corrected chi connectivity index (χ1v) is 12.9. The Hall–Kier alpha value is -0.340. The molecule has 2 heteroatoms. The first-order valence-electron chi connectivity index (χ1n) is 12.9. The van der Waals surface area contributed by atoms with Gasteiger partial charge in [-0.2, -0.15) is 0 Å². The van der Waals surface area contributed by atoms with Gasteiger partial charge >= 0.3 is 0 Å². The van der Waals surface area contributed by atoms with Crippen LogP contribution in [0.3, 0.4) is 0 Å². The van der Waals surface area contributed by atoms with E-state index in [-0.39, 0.29) is 6.10 Å². The number of rotatable bonds is 2. The van der Waals surface area contributed by atoms with Gasteiger partial charge in [0.1, 0.15) is 0 Å². The van der Waals surface area contributed by atoms with E-state index >= 15 is 0 Å². The molecule has 0 aromatic carbocycles. The third-order valence-electron chi connectivity index (χ3n) is 11.1. The Morgan fingerprint density at radius 3 is 2.62 bits per heavy atom. The van der Waals surface area contributed by atoms with E-state index < -0.39 is 0 Å². The summed E-state index contributed by atoms with van der Waals surface area (Å²) in [4.78, 5) is 0. The summed E-state index contributed by atoms with van der Waals surface area (Å²) in [6.45, 7) is 11.5. The van der Waals surface area contributed by atoms with Gasteiger partial charge in [-0.25, -0.2) is 0 Å². The molecule has 0 amide bonds. The Bertz CT molecular complexity index is 649. The van der Waals surface area contributed by atoms with E-state index in [4.69, 9.17) is 0 Å². The SMILES string of the molecule is CC([C@H]1CC[C@H]2[C@@H]3CC=C4C[C@@H](O)CC[C@]4(C)[C@H]3CC[C@]12C)[C@H]1CC[C@H](C)CN1. The zero-order valence-corrected chi connectivity index (χ0v) is 19.4.